The van der Waals surface area contributed by atoms with Crippen molar-refractivity contribution >= 4 is 0 Å². The van der Waals surface area contributed by atoms with Crippen LogP contribution in [0, 0.1) is 19.3 Å². The summed E-state index contributed by atoms with van der Waals surface area (Å²) in [6, 6.07) is 0. The molecule has 1 aliphatic rings. The minimum absolute atomic E-state index is 0.104. The van der Waals surface area contributed by atoms with E-state index >= 15 is 0 Å². The number of alkyl halides is 3. The van der Waals surface area contributed by atoms with Gasteiger partial charge in [-0.25, -0.2) is 0 Å². The number of aromatic amines is 1. The fourth-order valence-electron chi connectivity index (χ4n) is 2.52. The van der Waals surface area contributed by atoms with Crippen molar-refractivity contribution in [3.8, 4) is 0 Å². The molecule has 0 unspecified atom stereocenters. The quantitative estimate of drug-likeness (QED) is 0.896. The number of aryl methyl sites for hydroxylation is 2. The van der Waals surface area contributed by atoms with Crippen LogP contribution in [-0.4, -0.2) is 41.4 Å². The van der Waals surface area contributed by atoms with Gasteiger partial charge in [0.15, 0.2) is 0 Å². The molecule has 108 valence electrons. The number of likely N-dealkylation sites (N-methyl/N-ethyl adjacent to an activating group) is 1. The van der Waals surface area contributed by atoms with Crippen LogP contribution in [0.25, 0.3) is 0 Å². The second-order valence-electron chi connectivity index (χ2n) is 5.68. The highest BCUT2D eigenvalue weighted by molar-refractivity contribution is 5.23. The Bertz CT molecular complexity index is 427. The molecule has 0 radical (unpaired) electrons. The van der Waals surface area contributed by atoms with Gasteiger partial charge in [0.25, 0.3) is 0 Å². The van der Waals surface area contributed by atoms with Crippen LogP contribution in [0.2, 0.25) is 0 Å². The summed E-state index contributed by atoms with van der Waals surface area (Å²) in [7, 11) is 1.76. The number of hydrogen-bond acceptors (Lipinski definition) is 2. The Hall–Kier alpha value is -1.04. The van der Waals surface area contributed by atoms with Gasteiger partial charge in [-0.1, -0.05) is 0 Å². The lowest BCUT2D eigenvalue weighted by Gasteiger charge is -2.25. The van der Waals surface area contributed by atoms with Crippen LogP contribution in [-0.2, 0) is 6.42 Å². The highest BCUT2D eigenvalue weighted by Gasteiger charge is 2.63. The van der Waals surface area contributed by atoms with E-state index in [2.05, 4.69) is 10.2 Å². The zero-order valence-electron chi connectivity index (χ0n) is 11.6. The number of aromatic nitrogens is 2. The van der Waals surface area contributed by atoms with E-state index < -0.39 is 11.6 Å². The minimum atomic E-state index is -4.07. The van der Waals surface area contributed by atoms with Gasteiger partial charge in [0.1, 0.15) is 0 Å². The van der Waals surface area contributed by atoms with Crippen LogP contribution in [0.4, 0.5) is 13.2 Å². The SMILES string of the molecule is Cc1n[nH]c(C)c1CCN(C)CC1(C(F)(F)F)CC1. The molecule has 19 heavy (non-hydrogen) atoms. The molecule has 0 bridgehead atoms. The summed E-state index contributed by atoms with van der Waals surface area (Å²) < 4.78 is 38.6. The lowest BCUT2D eigenvalue weighted by Crippen LogP contribution is -2.37. The number of nitrogens with one attached hydrogen (secondary N) is 1. The van der Waals surface area contributed by atoms with Crippen LogP contribution in [0.5, 0.6) is 0 Å². The minimum Gasteiger partial charge on any atom is -0.305 e. The maximum Gasteiger partial charge on any atom is 0.395 e. The van der Waals surface area contributed by atoms with Crippen molar-refractivity contribution in [3.63, 3.8) is 0 Å². The maximum absolute atomic E-state index is 12.9. The summed E-state index contributed by atoms with van der Waals surface area (Å²) in [5.74, 6) is 0. The van der Waals surface area contributed by atoms with Crippen molar-refractivity contribution in [2.24, 2.45) is 5.41 Å². The topological polar surface area (TPSA) is 31.9 Å². The van der Waals surface area contributed by atoms with Gasteiger partial charge in [-0.3, -0.25) is 5.10 Å². The predicted octanol–water partition coefficient (Wildman–Crippen LogP) is 2.84. The summed E-state index contributed by atoms with van der Waals surface area (Å²) in [6.45, 7) is 4.58. The van der Waals surface area contributed by atoms with E-state index in [0.29, 0.717) is 6.54 Å². The average molecular weight is 275 g/mol. The molecule has 1 aromatic heterocycles. The van der Waals surface area contributed by atoms with Crippen LogP contribution in [0.3, 0.4) is 0 Å². The second kappa shape index (κ2) is 4.81. The molecule has 1 saturated carbocycles. The van der Waals surface area contributed by atoms with Gasteiger partial charge in [-0.2, -0.15) is 18.3 Å². The van der Waals surface area contributed by atoms with Crippen molar-refractivity contribution in [3.05, 3.63) is 17.0 Å². The first kappa shape index (κ1) is 14.4. The molecular weight excluding hydrogens is 255 g/mol. The Morgan fingerprint density at radius 1 is 1.32 bits per heavy atom. The molecule has 3 nitrogen and oxygen atoms in total. The first-order chi connectivity index (χ1) is 8.75. The van der Waals surface area contributed by atoms with Crippen LogP contribution < -0.4 is 0 Å². The third-order valence-electron chi connectivity index (χ3n) is 4.05. The van der Waals surface area contributed by atoms with E-state index in [1.54, 1.807) is 11.9 Å². The summed E-state index contributed by atoms with van der Waals surface area (Å²) in [5, 5.41) is 6.99. The Morgan fingerprint density at radius 2 is 1.95 bits per heavy atom. The molecule has 1 heterocycles. The summed E-state index contributed by atoms with van der Waals surface area (Å²) in [6.07, 6.45) is -2.80. The fourth-order valence-corrected chi connectivity index (χ4v) is 2.52. The van der Waals surface area contributed by atoms with E-state index in [1.807, 2.05) is 13.8 Å². The highest BCUT2D eigenvalue weighted by atomic mass is 19.4. The van der Waals surface area contributed by atoms with Gasteiger partial charge in [0, 0.05) is 18.8 Å². The molecule has 1 aromatic rings. The Morgan fingerprint density at radius 3 is 2.37 bits per heavy atom. The molecular formula is C13H20F3N3. The molecule has 1 fully saturated rings. The first-order valence-corrected chi connectivity index (χ1v) is 6.51. The summed E-state index contributed by atoms with van der Waals surface area (Å²) in [5.41, 5.74) is 1.61. The van der Waals surface area contributed by atoms with E-state index in [4.69, 9.17) is 0 Å². The zero-order chi connectivity index (χ0) is 14.3. The van der Waals surface area contributed by atoms with Crippen LogP contribution in [0.15, 0.2) is 0 Å². The Labute approximate surface area is 111 Å². The average Bonchev–Trinajstić information content (AvgIpc) is 3.00. The first-order valence-electron chi connectivity index (χ1n) is 6.51. The van der Waals surface area contributed by atoms with Gasteiger partial charge in [-0.15, -0.1) is 0 Å². The number of nitrogens with zero attached hydrogens (tertiary/aromatic N) is 2. The fraction of sp³-hybridized carbons (Fsp3) is 0.769. The standard InChI is InChI=1S/C13H20F3N3/c1-9-11(10(2)18-17-9)4-7-19(3)8-12(5-6-12)13(14,15)16/h4-8H2,1-3H3,(H,17,18). The Balaban J connectivity index is 1.88. The highest BCUT2D eigenvalue weighted by Crippen LogP contribution is 2.57. The van der Waals surface area contributed by atoms with Crippen molar-refractivity contribution in [2.75, 3.05) is 20.1 Å². The van der Waals surface area contributed by atoms with Crippen LogP contribution >= 0.6 is 0 Å². The molecule has 0 saturated heterocycles. The molecule has 0 aliphatic heterocycles. The van der Waals surface area contributed by atoms with Gasteiger partial charge in [-0.05, 0) is 45.7 Å². The molecule has 1 N–H and O–H groups in total. The number of hydrogen-bond donors (Lipinski definition) is 1. The van der Waals surface area contributed by atoms with Crippen molar-refractivity contribution in [1.29, 1.82) is 0 Å². The number of halogens is 3. The molecule has 6 heteroatoms. The number of H-pyrrole nitrogens is 1. The zero-order valence-corrected chi connectivity index (χ0v) is 11.6. The second-order valence-corrected chi connectivity index (χ2v) is 5.68. The largest absolute Gasteiger partial charge is 0.395 e. The van der Waals surface area contributed by atoms with Gasteiger partial charge in [0.2, 0.25) is 0 Å². The van der Waals surface area contributed by atoms with Gasteiger partial charge in [0.05, 0.1) is 11.1 Å². The lowest BCUT2D eigenvalue weighted by atomic mass is 10.1. The predicted molar refractivity (Wildman–Crippen MR) is 67.0 cm³/mol. The van der Waals surface area contributed by atoms with E-state index in [0.717, 1.165) is 23.4 Å². The normalized spacial score (nSPS) is 18.1. The Kier molecular flexibility index (Phi) is 3.64. The van der Waals surface area contributed by atoms with Crippen molar-refractivity contribution in [1.82, 2.24) is 15.1 Å². The smallest absolute Gasteiger partial charge is 0.305 e. The summed E-state index contributed by atoms with van der Waals surface area (Å²) in [4.78, 5) is 1.78. The third kappa shape index (κ3) is 2.94. The lowest BCUT2D eigenvalue weighted by molar-refractivity contribution is -0.191. The van der Waals surface area contributed by atoms with E-state index in [1.165, 1.54) is 0 Å². The third-order valence-corrected chi connectivity index (χ3v) is 4.05. The van der Waals surface area contributed by atoms with Crippen molar-refractivity contribution in [2.45, 2.75) is 39.3 Å². The van der Waals surface area contributed by atoms with E-state index in [-0.39, 0.29) is 19.4 Å². The number of rotatable bonds is 5. The van der Waals surface area contributed by atoms with Gasteiger partial charge < -0.3 is 4.90 Å². The molecule has 2 rings (SSSR count). The maximum atomic E-state index is 12.9. The molecule has 0 atom stereocenters. The van der Waals surface area contributed by atoms with Crippen molar-refractivity contribution < 1.29 is 13.2 Å². The molecule has 0 aromatic carbocycles. The molecule has 0 amide bonds. The molecule has 1 aliphatic carbocycles. The monoisotopic (exact) mass is 275 g/mol. The summed E-state index contributed by atoms with van der Waals surface area (Å²) >= 11 is 0. The van der Waals surface area contributed by atoms with Gasteiger partial charge >= 0.3 is 6.18 Å². The van der Waals surface area contributed by atoms with E-state index in [9.17, 15) is 13.2 Å². The molecule has 0 spiro atoms. The van der Waals surface area contributed by atoms with Crippen LogP contribution in [0.1, 0.15) is 29.8 Å².